The highest BCUT2D eigenvalue weighted by molar-refractivity contribution is 7.14. The van der Waals surface area contributed by atoms with E-state index in [1.54, 1.807) is 23.7 Å². The number of allylic oxidation sites excluding steroid dienone is 1. The molecular formula is C16H13ClN2S. The lowest BCUT2D eigenvalue weighted by Crippen LogP contribution is -1.96. The molecule has 20 heavy (non-hydrogen) atoms. The maximum Gasteiger partial charge on any atom is 0.101 e. The van der Waals surface area contributed by atoms with Gasteiger partial charge in [0.2, 0.25) is 0 Å². The minimum absolute atomic E-state index is 0.521. The number of aryl methyl sites for hydroxylation is 2. The first-order valence-corrected chi connectivity index (χ1v) is 7.81. The van der Waals surface area contributed by atoms with Crippen LogP contribution in [-0.2, 0) is 12.8 Å². The van der Waals surface area contributed by atoms with Crippen LogP contribution in [0.3, 0.4) is 0 Å². The largest absolute Gasteiger partial charge is 0.265 e. The highest BCUT2D eigenvalue weighted by Crippen LogP contribution is 2.38. The van der Waals surface area contributed by atoms with Crippen LogP contribution >= 0.6 is 22.9 Å². The minimum Gasteiger partial charge on any atom is -0.265 e. The molecule has 2 aromatic heterocycles. The summed E-state index contributed by atoms with van der Waals surface area (Å²) in [5.41, 5.74) is 2.74. The predicted octanol–water partition coefficient (Wildman–Crippen LogP) is 4.65. The monoisotopic (exact) mass is 300 g/mol. The lowest BCUT2D eigenvalue weighted by Gasteiger charge is -2.08. The van der Waals surface area contributed by atoms with Crippen molar-refractivity contribution < 1.29 is 0 Å². The Morgan fingerprint density at radius 1 is 1.25 bits per heavy atom. The minimum atomic E-state index is 0.521. The van der Waals surface area contributed by atoms with Crippen LogP contribution in [0.25, 0.3) is 10.6 Å². The lowest BCUT2D eigenvalue weighted by molar-refractivity contribution is 0.697. The predicted molar refractivity (Wildman–Crippen MR) is 83.5 cm³/mol. The van der Waals surface area contributed by atoms with Gasteiger partial charge in [0.25, 0.3) is 0 Å². The van der Waals surface area contributed by atoms with Gasteiger partial charge in [0.05, 0.1) is 10.6 Å². The number of nitrogens with zero attached hydrogens (tertiary/aromatic N) is 2. The number of fused-ring (bicyclic) bond motifs is 1. The third kappa shape index (κ3) is 2.49. The molecule has 0 saturated carbocycles. The summed E-state index contributed by atoms with van der Waals surface area (Å²) in [6, 6.07) is 8.00. The quantitative estimate of drug-likeness (QED) is 0.757. The molecule has 1 aliphatic carbocycles. The Kier molecular flexibility index (Phi) is 3.86. The van der Waals surface area contributed by atoms with Crippen LogP contribution < -0.4 is 0 Å². The van der Waals surface area contributed by atoms with Gasteiger partial charge in [-0.2, -0.15) is 5.26 Å². The normalized spacial score (nSPS) is 15.2. The van der Waals surface area contributed by atoms with Gasteiger partial charge in [-0.05, 0) is 55.0 Å². The second-order valence-electron chi connectivity index (χ2n) is 4.80. The number of thiophene rings is 1. The first kappa shape index (κ1) is 13.4. The number of hydrogen-bond acceptors (Lipinski definition) is 3. The fourth-order valence-corrected chi connectivity index (χ4v) is 4.00. The third-order valence-corrected chi connectivity index (χ3v) is 5.27. The van der Waals surface area contributed by atoms with E-state index in [0.717, 1.165) is 23.3 Å². The number of halogens is 1. The van der Waals surface area contributed by atoms with Gasteiger partial charge in [0, 0.05) is 22.1 Å². The second-order valence-corrected chi connectivity index (χ2v) is 6.32. The van der Waals surface area contributed by atoms with Crippen LogP contribution in [0.2, 0.25) is 0 Å². The van der Waals surface area contributed by atoms with Crippen molar-refractivity contribution in [1.29, 1.82) is 5.26 Å². The van der Waals surface area contributed by atoms with E-state index in [1.165, 1.54) is 23.3 Å². The SMILES string of the molecule is N#C/C(=C(/Cl)c1cc2c(s1)CCCC2)c1ccncc1. The number of nitriles is 1. The van der Waals surface area contributed by atoms with E-state index in [2.05, 4.69) is 17.1 Å². The van der Waals surface area contributed by atoms with Crippen molar-refractivity contribution in [3.05, 3.63) is 51.5 Å². The van der Waals surface area contributed by atoms with E-state index < -0.39 is 0 Å². The summed E-state index contributed by atoms with van der Waals surface area (Å²) in [6.07, 6.45) is 8.13. The topological polar surface area (TPSA) is 36.7 Å². The van der Waals surface area contributed by atoms with Crippen LogP contribution in [0.4, 0.5) is 0 Å². The van der Waals surface area contributed by atoms with Gasteiger partial charge in [-0.3, -0.25) is 4.98 Å². The zero-order valence-electron chi connectivity index (χ0n) is 10.9. The lowest BCUT2D eigenvalue weighted by atomic mass is 9.99. The second kappa shape index (κ2) is 5.78. The molecule has 0 radical (unpaired) electrons. The first-order chi connectivity index (χ1) is 9.79. The molecule has 2 aromatic rings. The molecule has 2 nitrogen and oxygen atoms in total. The Labute approximate surface area is 127 Å². The molecule has 0 bridgehead atoms. The van der Waals surface area contributed by atoms with Crippen molar-refractivity contribution >= 4 is 33.5 Å². The maximum atomic E-state index is 9.41. The van der Waals surface area contributed by atoms with Crippen LogP contribution in [0.1, 0.15) is 33.7 Å². The van der Waals surface area contributed by atoms with Crippen LogP contribution in [-0.4, -0.2) is 4.98 Å². The molecule has 0 fully saturated rings. The van der Waals surface area contributed by atoms with E-state index in [4.69, 9.17) is 11.6 Å². The van der Waals surface area contributed by atoms with E-state index in [9.17, 15) is 5.26 Å². The zero-order valence-corrected chi connectivity index (χ0v) is 12.5. The molecule has 0 amide bonds. The molecule has 0 aliphatic heterocycles. The van der Waals surface area contributed by atoms with E-state index in [0.29, 0.717) is 10.6 Å². The van der Waals surface area contributed by atoms with Gasteiger partial charge in [0.15, 0.2) is 0 Å². The summed E-state index contributed by atoms with van der Waals surface area (Å²) >= 11 is 8.20. The summed E-state index contributed by atoms with van der Waals surface area (Å²) in [5.74, 6) is 0. The molecule has 0 atom stereocenters. The molecular weight excluding hydrogens is 288 g/mol. The van der Waals surface area contributed by atoms with Crippen LogP contribution in [0.15, 0.2) is 30.6 Å². The molecule has 0 unspecified atom stereocenters. The molecule has 0 N–H and O–H groups in total. The summed E-state index contributed by atoms with van der Waals surface area (Å²) in [6.45, 7) is 0. The van der Waals surface area contributed by atoms with Crippen molar-refractivity contribution in [2.24, 2.45) is 0 Å². The highest BCUT2D eigenvalue weighted by Gasteiger charge is 2.17. The fourth-order valence-electron chi connectivity index (χ4n) is 2.48. The van der Waals surface area contributed by atoms with Gasteiger partial charge in [-0.1, -0.05) is 11.6 Å². The Bertz CT molecular complexity index is 672. The Hall–Kier alpha value is -1.63. The smallest absolute Gasteiger partial charge is 0.101 e. The Morgan fingerprint density at radius 2 is 2.00 bits per heavy atom. The van der Waals surface area contributed by atoms with Crippen LogP contribution in [0, 0.1) is 11.3 Å². The Morgan fingerprint density at radius 3 is 2.70 bits per heavy atom. The van der Waals surface area contributed by atoms with Crippen molar-refractivity contribution in [2.45, 2.75) is 25.7 Å². The standard InChI is InChI=1S/C16H13ClN2S/c17-16(13(10-18)11-5-7-19-8-6-11)15-9-12-3-1-2-4-14(12)20-15/h5-9H,1-4H2/b16-13-. The van der Waals surface area contributed by atoms with Crippen molar-refractivity contribution in [1.82, 2.24) is 4.98 Å². The van der Waals surface area contributed by atoms with E-state index >= 15 is 0 Å². The number of hydrogen-bond donors (Lipinski definition) is 0. The fraction of sp³-hybridized carbons (Fsp3) is 0.250. The molecule has 0 saturated heterocycles. The van der Waals surface area contributed by atoms with Gasteiger partial charge < -0.3 is 0 Å². The highest BCUT2D eigenvalue weighted by atomic mass is 35.5. The average molecular weight is 301 g/mol. The van der Waals surface area contributed by atoms with Crippen molar-refractivity contribution in [2.75, 3.05) is 0 Å². The van der Waals surface area contributed by atoms with Gasteiger partial charge in [0.1, 0.15) is 6.07 Å². The third-order valence-electron chi connectivity index (χ3n) is 3.51. The average Bonchev–Trinajstić information content (AvgIpc) is 2.93. The van der Waals surface area contributed by atoms with Gasteiger partial charge in [-0.25, -0.2) is 0 Å². The molecule has 4 heteroatoms. The summed E-state index contributed by atoms with van der Waals surface area (Å²) in [5, 5.41) is 9.96. The maximum absolute atomic E-state index is 9.41. The first-order valence-electron chi connectivity index (χ1n) is 6.62. The molecule has 0 spiro atoms. The van der Waals surface area contributed by atoms with Crippen molar-refractivity contribution in [3.8, 4) is 6.07 Å². The molecule has 3 rings (SSSR count). The van der Waals surface area contributed by atoms with E-state index in [-0.39, 0.29) is 0 Å². The summed E-state index contributed by atoms with van der Waals surface area (Å²) < 4.78 is 0. The van der Waals surface area contributed by atoms with E-state index in [1.807, 2.05) is 12.1 Å². The molecule has 2 heterocycles. The summed E-state index contributed by atoms with van der Waals surface area (Å²) in [7, 11) is 0. The van der Waals surface area contributed by atoms with Gasteiger partial charge >= 0.3 is 0 Å². The number of pyridine rings is 1. The summed E-state index contributed by atoms with van der Waals surface area (Å²) in [4.78, 5) is 6.41. The Balaban J connectivity index is 2.05. The number of aromatic nitrogens is 1. The zero-order chi connectivity index (χ0) is 13.9. The molecule has 100 valence electrons. The number of rotatable bonds is 2. The van der Waals surface area contributed by atoms with Gasteiger partial charge in [-0.15, -0.1) is 11.3 Å². The van der Waals surface area contributed by atoms with Crippen LogP contribution in [0.5, 0.6) is 0 Å². The van der Waals surface area contributed by atoms with Crippen molar-refractivity contribution in [3.63, 3.8) is 0 Å². The molecule has 0 aromatic carbocycles. The molecule has 1 aliphatic rings.